The van der Waals surface area contributed by atoms with E-state index in [-0.39, 0.29) is 5.69 Å². The van der Waals surface area contributed by atoms with E-state index in [1.165, 1.54) is 29.7 Å². The predicted molar refractivity (Wildman–Crippen MR) is 83.7 cm³/mol. The summed E-state index contributed by atoms with van der Waals surface area (Å²) in [6, 6.07) is 8.68. The second-order valence-electron chi connectivity index (χ2n) is 5.39. The van der Waals surface area contributed by atoms with Gasteiger partial charge >= 0.3 is 5.97 Å². The maximum atomic E-state index is 10.9. The third kappa shape index (κ3) is 2.99. The van der Waals surface area contributed by atoms with Crippen molar-refractivity contribution in [2.45, 2.75) is 25.8 Å². The van der Waals surface area contributed by atoms with Gasteiger partial charge in [-0.3, -0.25) is 4.90 Å². The molecule has 0 saturated carbocycles. The Hall–Kier alpha value is -1.72. The fraction of sp³-hybridized carbons (Fsp3) is 0.375. The van der Waals surface area contributed by atoms with Gasteiger partial charge in [0.1, 0.15) is 5.01 Å². The molecule has 1 atom stereocenters. The largest absolute Gasteiger partial charge is 0.476 e. The average molecular weight is 302 g/mol. The number of likely N-dealkylation sites (tertiary alicyclic amines) is 1. The van der Waals surface area contributed by atoms with Crippen LogP contribution in [0.25, 0.3) is 10.6 Å². The van der Waals surface area contributed by atoms with Crippen molar-refractivity contribution in [1.82, 2.24) is 9.88 Å². The Bertz CT molecular complexity index is 647. The van der Waals surface area contributed by atoms with Crippen molar-refractivity contribution in [3.05, 3.63) is 40.9 Å². The van der Waals surface area contributed by atoms with Gasteiger partial charge in [0.25, 0.3) is 0 Å². The van der Waals surface area contributed by atoms with E-state index in [2.05, 4.69) is 28.9 Å². The van der Waals surface area contributed by atoms with E-state index in [9.17, 15) is 4.79 Å². The lowest BCUT2D eigenvalue weighted by Crippen LogP contribution is -2.23. The van der Waals surface area contributed by atoms with Crippen LogP contribution in [0.15, 0.2) is 29.6 Å². The fourth-order valence-corrected chi connectivity index (χ4v) is 3.57. The Morgan fingerprint density at radius 1 is 1.38 bits per heavy atom. The Labute approximate surface area is 128 Å². The number of benzene rings is 1. The molecule has 1 saturated heterocycles. The van der Waals surface area contributed by atoms with E-state index < -0.39 is 5.97 Å². The van der Waals surface area contributed by atoms with E-state index in [4.69, 9.17) is 5.11 Å². The third-order valence-corrected chi connectivity index (χ3v) is 4.92. The highest BCUT2D eigenvalue weighted by Gasteiger charge is 2.20. The summed E-state index contributed by atoms with van der Waals surface area (Å²) in [6.45, 7) is 4.55. The van der Waals surface area contributed by atoms with Crippen LogP contribution in [0, 0.1) is 0 Å². The zero-order valence-corrected chi connectivity index (χ0v) is 12.8. The van der Waals surface area contributed by atoms with E-state index in [1.54, 1.807) is 5.38 Å². The highest BCUT2D eigenvalue weighted by Crippen LogP contribution is 2.29. The predicted octanol–water partition coefficient (Wildman–Crippen LogP) is 3.67. The van der Waals surface area contributed by atoms with E-state index >= 15 is 0 Å². The van der Waals surface area contributed by atoms with Crippen LogP contribution in [-0.4, -0.2) is 34.0 Å². The second-order valence-corrected chi connectivity index (χ2v) is 6.25. The number of hydrogen-bond donors (Lipinski definition) is 1. The highest BCUT2D eigenvalue weighted by atomic mass is 32.1. The molecule has 21 heavy (non-hydrogen) atoms. The molecule has 1 aromatic carbocycles. The smallest absolute Gasteiger partial charge is 0.355 e. The summed E-state index contributed by atoms with van der Waals surface area (Å²) >= 11 is 1.38. The van der Waals surface area contributed by atoms with Gasteiger partial charge in [-0.25, -0.2) is 9.78 Å². The van der Waals surface area contributed by atoms with Crippen molar-refractivity contribution in [3.63, 3.8) is 0 Å². The normalized spacial score (nSPS) is 17.0. The lowest BCUT2D eigenvalue weighted by atomic mass is 10.0. The van der Waals surface area contributed by atoms with Crippen molar-refractivity contribution in [2.75, 3.05) is 13.1 Å². The quantitative estimate of drug-likeness (QED) is 0.936. The number of rotatable bonds is 4. The summed E-state index contributed by atoms with van der Waals surface area (Å²) < 4.78 is 0. The summed E-state index contributed by atoms with van der Waals surface area (Å²) in [6.07, 6.45) is 2.55. The first-order valence-corrected chi connectivity index (χ1v) is 8.06. The van der Waals surface area contributed by atoms with Gasteiger partial charge in [-0.2, -0.15) is 0 Å². The SMILES string of the molecule is C[C@H](c1cccc(-c2nc(C(=O)O)cs2)c1)N1CCCC1. The van der Waals surface area contributed by atoms with Crippen LogP contribution in [0.4, 0.5) is 0 Å². The van der Waals surface area contributed by atoms with Gasteiger partial charge in [0, 0.05) is 17.0 Å². The zero-order valence-electron chi connectivity index (χ0n) is 12.0. The molecule has 1 aliphatic rings. The first kappa shape index (κ1) is 14.2. The van der Waals surface area contributed by atoms with Crippen LogP contribution >= 0.6 is 11.3 Å². The van der Waals surface area contributed by atoms with Gasteiger partial charge in [-0.15, -0.1) is 11.3 Å². The van der Waals surface area contributed by atoms with Gasteiger partial charge in [-0.05, 0) is 44.5 Å². The van der Waals surface area contributed by atoms with Gasteiger partial charge in [0.15, 0.2) is 5.69 Å². The van der Waals surface area contributed by atoms with E-state index in [0.717, 1.165) is 23.7 Å². The van der Waals surface area contributed by atoms with Gasteiger partial charge in [-0.1, -0.05) is 18.2 Å². The van der Waals surface area contributed by atoms with Crippen LogP contribution in [0.1, 0.15) is 41.9 Å². The van der Waals surface area contributed by atoms with Crippen molar-refractivity contribution >= 4 is 17.3 Å². The van der Waals surface area contributed by atoms with Crippen LogP contribution in [0.5, 0.6) is 0 Å². The molecule has 4 nitrogen and oxygen atoms in total. The number of nitrogens with zero attached hydrogens (tertiary/aromatic N) is 2. The van der Waals surface area contributed by atoms with Gasteiger partial charge < -0.3 is 5.11 Å². The standard InChI is InChI=1S/C16H18N2O2S/c1-11(18-7-2-3-8-18)12-5-4-6-13(9-12)15-17-14(10-21-15)16(19)20/h4-6,9-11H,2-3,7-8H2,1H3,(H,19,20)/t11-/m1/s1. The number of aromatic carboxylic acids is 1. The Morgan fingerprint density at radius 3 is 2.81 bits per heavy atom. The number of carboxylic acids is 1. The molecular weight excluding hydrogens is 284 g/mol. The molecule has 2 aromatic rings. The Balaban J connectivity index is 1.86. The van der Waals surface area contributed by atoms with E-state index in [0.29, 0.717) is 6.04 Å². The Morgan fingerprint density at radius 2 is 2.14 bits per heavy atom. The first-order chi connectivity index (χ1) is 10.1. The number of carbonyl (C=O) groups is 1. The first-order valence-electron chi connectivity index (χ1n) is 7.18. The molecular formula is C16H18N2O2S. The summed E-state index contributed by atoms with van der Waals surface area (Å²) in [5.74, 6) is -0.973. The van der Waals surface area contributed by atoms with Crippen LogP contribution in [-0.2, 0) is 0 Å². The minimum atomic E-state index is -0.973. The average Bonchev–Trinajstić information content (AvgIpc) is 3.18. The molecule has 1 N–H and O–H groups in total. The molecule has 1 aromatic heterocycles. The summed E-state index contributed by atoms with van der Waals surface area (Å²) in [5, 5.41) is 11.3. The molecule has 0 radical (unpaired) electrons. The van der Waals surface area contributed by atoms with Crippen molar-refractivity contribution < 1.29 is 9.90 Å². The molecule has 0 spiro atoms. The molecule has 0 amide bonds. The summed E-state index contributed by atoms with van der Waals surface area (Å²) in [7, 11) is 0. The number of aromatic nitrogens is 1. The molecule has 2 heterocycles. The monoisotopic (exact) mass is 302 g/mol. The molecule has 1 aliphatic heterocycles. The summed E-state index contributed by atoms with van der Waals surface area (Å²) in [4.78, 5) is 17.6. The van der Waals surface area contributed by atoms with E-state index in [1.807, 2.05) is 12.1 Å². The number of hydrogen-bond acceptors (Lipinski definition) is 4. The third-order valence-electron chi connectivity index (χ3n) is 4.03. The van der Waals surface area contributed by atoms with Gasteiger partial charge in [0.05, 0.1) is 0 Å². The molecule has 0 bridgehead atoms. The molecule has 110 valence electrons. The Kier molecular flexibility index (Phi) is 4.03. The summed E-state index contributed by atoms with van der Waals surface area (Å²) in [5.41, 5.74) is 2.38. The van der Waals surface area contributed by atoms with Crippen molar-refractivity contribution in [1.29, 1.82) is 0 Å². The molecule has 3 rings (SSSR count). The number of thiazole rings is 1. The molecule has 0 aliphatic carbocycles. The minimum Gasteiger partial charge on any atom is -0.476 e. The highest BCUT2D eigenvalue weighted by molar-refractivity contribution is 7.13. The van der Waals surface area contributed by atoms with Crippen molar-refractivity contribution in [3.8, 4) is 10.6 Å². The van der Waals surface area contributed by atoms with Gasteiger partial charge in [0.2, 0.25) is 0 Å². The number of carboxylic acid groups (broad SMARTS) is 1. The van der Waals surface area contributed by atoms with Crippen molar-refractivity contribution in [2.24, 2.45) is 0 Å². The van der Waals surface area contributed by atoms with Crippen LogP contribution < -0.4 is 0 Å². The second kappa shape index (κ2) is 5.95. The fourth-order valence-electron chi connectivity index (χ4n) is 2.78. The maximum absolute atomic E-state index is 10.9. The zero-order chi connectivity index (χ0) is 14.8. The lowest BCUT2D eigenvalue weighted by molar-refractivity contribution is 0.0691. The minimum absolute atomic E-state index is 0.119. The maximum Gasteiger partial charge on any atom is 0.355 e. The van der Waals surface area contributed by atoms with Crippen LogP contribution in [0.2, 0.25) is 0 Å². The topological polar surface area (TPSA) is 53.4 Å². The molecule has 5 heteroatoms. The molecule has 0 unspecified atom stereocenters. The van der Waals surface area contributed by atoms with Crippen LogP contribution in [0.3, 0.4) is 0 Å². The lowest BCUT2D eigenvalue weighted by Gasteiger charge is -2.24. The molecule has 1 fully saturated rings.